The van der Waals surface area contributed by atoms with Crippen molar-refractivity contribution >= 4 is 5.97 Å². The van der Waals surface area contributed by atoms with E-state index in [0.717, 1.165) is 18.4 Å². The lowest BCUT2D eigenvalue weighted by molar-refractivity contribution is -0.136. The number of carboxylic acids is 1. The first-order valence-corrected chi connectivity index (χ1v) is 6.51. The fourth-order valence-corrected chi connectivity index (χ4v) is 2.54. The predicted octanol–water partition coefficient (Wildman–Crippen LogP) is 2.85. The maximum atomic E-state index is 10.6. The largest absolute Gasteiger partial charge is 0.481 e. The molecule has 1 heterocycles. The van der Waals surface area contributed by atoms with Crippen molar-refractivity contribution in [1.29, 1.82) is 0 Å². The number of benzene rings is 1. The molecule has 0 unspecified atom stereocenters. The molecular weight excluding hydrogens is 242 g/mol. The molecule has 4 nitrogen and oxygen atoms in total. The zero-order chi connectivity index (χ0) is 13.2. The Hall–Kier alpha value is -2.10. The smallest absolute Gasteiger partial charge is 0.309 e. The summed E-state index contributed by atoms with van der Waals surface area (Å²) in [6.07, 6.45) is 6.05. The molecule has 0 radical (unpaired) electrons. The highest BCUT2D eigenvalue weighted by Crippen LogP contribution is 2.27. The van der Waals surface area contributed by atoms with E-state index in [0.29, 0.717) is 11.6 Å². The van der Waals surface area contributed by atoms with Crippen molar-refractivity contribution in [3.8, 4) is 11.5 Å². The van der Waals surface area contributed by atoms with Crippen molar-refractivity contribution in [3.63, 3.8) is 0 Å². The normalized spacial score (nSPS) is 14.1. The topological polar surface area (TPSA) is 63.3 Å². The summed E-state index contributed by atoms with van der Waals surface area (Å²) in [5.74, 6) is -0.394. The molecule has 0 atom stereocenters. The maximum Gasteiger partial charge on any atom is 0.309 e. The number of carboxylic acid groups (broad SMARTS) is 1. The Morgan fingerprint density at radius 1 is 1.26 bits per heavy atom. The van der Waals surface area contributed by atoms with Crippen LogP contribution in [0.4, 0.5) is 0 Å². The van der Waals surface area contributed by atoms with Gasteiger partial charge in [0.15, 0.2) is 0 Å². The van der Waals surface area contributed by atoms with E-state index in [1.54, 1.807) is 0 Å². The second-order valence-electron chi connectivity index (χ2n) is 4.91. The van der Waals surface area contributed by atoms with Gasteiger partial charge in [0.1, 0.15) is 6.26 Å². The van der Waals surface area contributed by atoms with Crippen LogP contribution in [-0.4, -0.2) is 16.1 Å². The molecule has 0 saturated heterocycles. The maximum absolute atomic E-state index is 10.6. The van der Waals surface area contributed by atoms with E-state index in [1.165, 1.54) is 30.2 Å². The molecule has 0 spiro atoms. The Bertz CT molecular complexity index is 616. The number of aryl methyl sites for hydroxylation is 2. The summed E-state index contributed by atoms with van der Waals surface area (Å²) < 4.78 is 5.37. The van der Waals surface area contributed by atoms with E-state index in [1.807, 2.05) is 6.07 Å². The van der Waals surface area contributed by atoms with Crippen LogP contribution < -0.4 is 0 Å². The average Bonchev–Trinajstić information content (AvgIpc) is 2.86. The zero-order valence-electron chi connectivity index (χ0n) is 10.6. The van der Waals surface area contributed by atoms with Gasteiger partial charge in [0.05, 0.1) is 12.1 Å². The average molecular weight is 257 g/mol. The van der Waals surface area contributed by atoms with Crippen LogP contribution in [0.15, 0.2) is 28.9 Å². The van der Waals surface area contributed by atoms with Gasteiger partial charge in [-0.2, -0.15) is 0 Å². The molecular formula is C15H15NO3. The minimum atomic E-state index is -0.898. The summed E-state index contributed by atoms with van der Waals surface area (Å²) in [5.41, 5.74) is 4.16. The van der Waals surface area contributed by atoms with E-state index in [2.05, 4.69) is 17.1 Å². The highest BCUT2D eigenvalue weighted by Gasteiger charge is 2.13. The van der Waals surface area contributed by atoms with Crippen LogP contribution in [0, 0.1) is 0 Å². The molecule has 1 aromatic heterocycles. The van der Waals surface area contributed by atoms with E-state index in [4.69, 9.17) is 9.52 Å². The molecule has 98 valence electrons. The van der Waals surface area contributed by atoms with Crippen molar-refractivity contribution in [2.75, 3.05) is 0 Å². The lowest BCUT2D eigenvalue weighted by atomic mass is 9.90. The summed E-state index contributed by atoms with van der Waals surface area (Å²) in [6, 6.07) is 6.25. The van der Waals surface area contributed by atoms with Crippen LogP contribution in [0.1, 0.15) is 29.7 Å². The Kier molecular flexibility index (Phi) is 3.07. The SMILES string of the molecule is O=C(O)Cc1coc(-c2ccc3c(c2)CCCC3)n1. The molecule has 0 saturated carbocycles. The number of nitrogens with zero attached hydrogens (tertiary/aromatic N) is 1. The van der Waals surface area contributed by atoms with Crippen LogP contribution in [0.5, 0.6) is 0 Å². The van der Waals surface area contributed by atoms with Gasteiger partial charge >= 0.3 is 5.97 Å². The molecule has 2 aromatic rings. The number of aliphatic carboxylic acids is 1. The van der Waals surface area contributed by atoms with E-state index in [-0.39, 0.29) is 6.42 Å². The number of oxazole rings is 1. The fraction of sp³-hybridized carbons (Fsp3) is 0.333. The summed E-state index contributed by atoms with van der Waals surface area (Å²) in [7, 11) is 0. The van der Waals surface area contributed by atoms with Crippen molar-refractivity contribution in [2.24, 2.45) is 0 Å². The minimum absolute atomic E-state index is 0.103. The van der Waals surface area contributed by atoms with E-state index < -0.39 is 5.97 Å². The molecule has 1 N–H and O–H groups in total. The lowest BCUT2D eigenvalue weighted by Gasteiger charge is -2.15. The molecule has 0 amide bonds. The lowest BCUT2D eigenvalue weighted by Crippen LogP contribution is -2.02. The minimum Gasteiger partial charge on any atom is -0.481 e. The molecule has 1 aromatic carbocycles. The van der Waals surface area contributed by atoms with Crippen LogP contribution in [-0.2, 0) is 24.1 Å². The Labute approximate surface area is 111 Å². The van der Waals surface area contributed by atoms with Gasteiger partial charge in [0, 0.05) is 5.56 Å². The molecule has 0 fully saturated rings. The summed E-state index contributed by atoms with van der Waals surface area (Å²) in [6.45, 7) is 0. The van der Waals surface area contributed by atoms with Crippen LogP contribution in [0.3, 0.4) is 0 Å². The van der Waals surface area contributed by atoms with Gasteiger partial charge < -0.3 is 9.52 Å². The fourth-order valence-electron chi connectivity index (χ4n) is 2.54. The zero-order valence-corrected chi connectivity index (χ0v) is 10.6. The molecule has 4 heteroatoms. The first-order valence-electron chi connectivity index (χ1n) is 6.51. The Morgan fingerprint density at radius 3 is 2.84 bits per heavy atom. The van der Waals surface area contributed by atoms with Gasteiger partial charge in [0.25, 0.3) is 0 Å². The quantitative estimate of drug-likeness (QED) is 0.918. The van der Waals surface area contributed by atoms with Gasteiger partial charge in [-0.15, -0.1) is 0 Å². The van der Waals surface area contributed by atoms with Crippen LogP contribution >= 0.6 is 0 Å². The van der Waals surface area contributed by atoms with Gasteiger partial charge in [0.2, 0.25) is 5.89 Å². The van der Waals surface area contributed by atoms with Gasteiger partial charge in [-0.05, 0) is 48.9 Å². The van der Waals surface area contributed by atoms with Crippen LogP contribution in [0.2, 0.25) is 0 Å². The first kappa shape index (κ1) is 12.0. The Morgan fingerprint density at radius 2 is 2.05 bits per heavy atom. The molecule has 19 heavy (non-hydrogen) atoms. The van der Waals surface area contributed by atoms with Gasteiger partial charge in [-0.25, -0.2) is 4.98 Å². The molecule has 1 aliphatic carbocycles. The molecule has 0 bridgehead atoms. The third kappa shape index (κ3) is 2.52. The number of carbonyl (C=O) groups is 1. The van der Waals surface area contributed by atoms with Crippen molar-refractivity contribution in [3.05, 3.63) is 41.3 Å². The first-order chi connectivity index (χ1) is 9.22. The third-order valence-corrected chi connectivity index (χ3v) is 3.48. The van der Waals surface area contributed by atoms with Gasteiger partial charge in [-0.1, -0.05) is 6.07 Å². The predicted molar refractivity (Wildman–Crippen MR) is 69.9 cm³/mol. The number of rotatable bonds is 3. The summed E-state index contributed by atoms with van der Waals surface area (Å²) in [4.78, 5) is 14.8. The van der Waals surface area contributed by atoms with E-state index >= 15 is 0 Å². The molecule has 1 aliphatic rings. The highest BCUT2D eigenvalue weighted by atomic mass is 16.4. The number of aromatic nitrogens is 1. The second kappa shape index (κ2) is 4.88. The number of fused-ring (bicyclic) bond motifs is 1. The summed E-state index contributed by atoms with van der Waals surface area (Å²) >= 11 is 0. The third-order valence-electron chi connectivity index (χ3n) is 3.48. The van der Waals surface area contributed by atoms with Crippen molar-refractivity contribution in [2.45, 2.75) is 32.1 Å². The standard InChI is InChI=1S/C15H15NO3/c17-14(18)8-13-9-19-15(16-13)12-6-5-10-3-1-2-4-11(10)7-12/h5-7,9H,1-4,8H2,(H,17,18). The Balaban J connectivity index is 1.89. The highest BCUT2D eigenvalue weighted by molar-refractivity contribution is 5.69. The summed E-state index contributed by atoms with van der Waals surface area (Å²) in [5, 5.41) is 8.72. The van der Waals surface area contributed by atoms with Crippen LogP contribution in [0.25, 0.3) is 11.5 Å². The van der Waals surface area contributed by atoms with Crippen molar-refractivity contribution in [1.82, 2.24) is 4.98 Å². The monoisotopic (exact) mass is 257 g/mol. The number of hydrogen-bond donors (Lipinski definition) is 1. The number of hydrogen-bond acceptors (Lipinski definition) is 3. The van der Waals surface area contributed by atoms with Gasteiger partial charge in [-0.3, -0.25) is 4.79 Å². The van der Waals surface area contributed by atoms with Crippen molar-refractivity contribution < 1.29 is 14.3 Å². The second-order valence-corrected chi connectivity index (χ2v) is 4.91. The molecule has 0 aliphatic heterocycles. The molecule has 3 rings (SSSR count). The van der Waals surface area contributed by atoms with E-state index in [9.17, 15) is 4.79 Å².